The van der Waals surface area contributed by atoms with Crippen molar-refractivity contribution >= 4 is 31.5 Å². The molecule has 246 valence electrons. The Labute approximate surface area is 307 Å². The summed E-state index contributed by atoms with van der Waals surface area (Å²) in [6.45, 7) is 4.61. The highest BCUT2D eigenvalue weighted by Gasteiger charge is 2.40. The highest BCUT2D eigenvalue weighted by Crippen LogP contribution is 2.51. The summed E-state index contributed by atoms with van der Waals surface area (Å²) in [5.74, 6) is 0.736. The third-order valence-electron chi connectivity index (χ3n) is 10.7. The summed E-state index contributed by atoms with van der Waals surface area (Å²) in [5.41, 5.74) is 14.7. The van der Waals surface area contributed by atoms with Crippen LogP contribution >= 0.6 is 11.3 Å². The van der Waals surface area contributed by atoms with Crippen molar-refractivity contribution < 1.29 is 0 Å². The summed E-state index contributed by atoms with van der Waals surface area (Å²) in [7, 11) is 0. The third kappa shape index (κ3) is 4.92. The van der Waals surface area contributed by atoms with Crippen LogP contribution in [-0.4, -0.2) is 9.97 Å². The molecular formula is C49H34N2S. The van der Waals surface area contributed by atoms with E-state index in [4.69, 9.17) is 9.97 Å². The first-order valence-corrected chi connectivity index (χ1v) is 18.6. The maximum absolute atomic E-state index is 5.44. The van der Waals surface area contributed by atoms with Gasteiger partial charge in [0.25, 0.3) is 0 Å². The third-order valence-corrected chi connectivity index (χ3v) is 11.9. The molecule has 1 aliphatic carbocycles. The van der Waals surface area contributed by atoms with Gasteiger partial charge in [-0.2, -0.15) is 0 Å². The van der Waals surface area contributed by atoms with E-state index in [0.717, 1.165) is 33.9 Å². The molecule has 0 saturated heterocycles. The monoisotopic (exact) mass is 682 g/mol. The van der Waals surface area contributed by atoms with Gasteiger partial charge in [-0.25, -0.2) is 9.97 Å². The van der Waals surface area contributed by atoms with E-state index in [1.807, 2.05) is 11.3 Å². The molecule has 3 heteroatoms. The molecule has 1 aliphatic rings. The predicted octanol–water partition coefficient (Wildman–Crippen LogP) is 13.5. The number of benzene rings is 7. The molecule has 2 nitrogen and oxygen atoms in total. The molecule has 0 radical (unpaired) electrons. The fraction of sp³-hybridized carbons (Fsp3) is 0.0612. The Morgan fingerprint density at radius 2 is 0.962 bits per heavy atom. The zero-order valence-electron chi connectivity index (χ0n) is 29.0. The van der Waals surface area contributed by atoms with Gasteiger partial charge in [-0.3, -0.25) is 0 Å². The van der Waals surface area contributed by atoms with Gasteiger partial charge in [0.1, 0.15) is 0 Å². The lowest BCUT2D eigenvalue weighted by atomic mass is 9.80. The van der Waals surface area contributed by atoms with Crippen molar-refractivity contribution in [2.45, 2.75) is 19.3 Å². The molecule has 0 aliphatic heterocycles. The van der Waals surface area contributed by atoms with E-state index in [1.54, 1.807) is 0 Å². The largest absolute Gasteiger partial charge is 0.228 e. The SMILES string of the molecule is CC1(C)c2ccccc2-c2nc(-c3cccc(-c4cccc(-c5cccc6c5sc5ccccc56)c4)c3)nc(-c3cccc(-c4ccccc4)c3)c21. The van der Waals surface area contributed by atoms with Crippen molar-refractivity contribution in [3.8, 4) is 67.3 Å². The first-order valence-electron chi connectivity index (χ1n) is 17.8. The van der Waals surface area contributed by atoms with Gasteiger partial charge < -0.3 is 0 Å². The van der Waals surface area contributed by atoms with E-state index in [9.17, 15) is 0 Å². The summed E-state index contributed by atoms with van der Waals surface area (Å²) >= 11 is 1.87. The second-order valence-corrected chi connectivity index (χ2v) is 15.2. The second kappa shape index (κ2) is 12.0. The van der Waals surface area contributed by atoms with Crippen LogP contribution in [0.1, 0.15) is 25.0 Å². The molecule has 2 heterocycles. The lowest BCUT2D eigenvalue weighted by molar-refractivity contribution is 0.658. The van der Waals surface area contributed by atoms with Gasteiger partial charge in [-0.1, -0.05) is 159 Å². The van der Waals surface area contributed by atoms with Gasteiger partial charge in [-0.05, 0) is 63.2 Å². The molecule has 0 N–H and O–H groups in total. The van der Waals surface area contributed by atoms with Gasteiger partial charge in [0, 0.05) is 47.8 Å². The minimum atomic E-state index is -0.248. The van der Waals surface area contributed by atoms with Gasteiger partial charge in [0.05, 0.1) is 11.4 Å². The topological polar surface area (TPSA) is 25.8 Å². The Kier molecular flexibility index (Phi) is 7.06. The van der Waals surface area contributed by atoms with Crippen molar-refractivity contribution in [3.63, 3.8) is 0 Å². The molecule has 0 spiro atoms. The Morgan fingerprint density at radius 3 is 1.79 bits per heavy atom. The van der Waals surface area contributed by atoms with Crippen LogP contribution in [0.3, 0.4) is 0 Å². The summed E-state index contributed by atoms with van der Waals surface area (Å²) in [5, 5.41) is 2.63. The fourth-order valence-electron chi connectivity index (χ4n) is 8.11. The number of aromatic nitrogens is 2. The second-order valence-electron chi connectivity index (χ2n) is 14.2. The highest BCUT2D eigenvalue weighted by molar-refractivity contribution is 7.26. The lowest BCUT2D eigenvalue weighted by Gasteiger charge is -2.24. The number of thiophene rings is 1. The standard InChI is InChI=1S/C49H34N2S/c1-49(2)42-26-8-6-23-41(42)46-44(49)45(36-20-11-16-32(29-36)31-14-4-3-5-15-31)50-48(51-46)37-21-12-18-34(30-37)33-17-10-19-35(28-33)38-24-13-25-40-39-22-7-9-27-43(39)52-47(38)40/h3-30H,1-2H3. The van der Waals surface area contributed by atoms with E-state index < -0.39 is 0 Å². The molecule has 10 rings (SSSR count). The molecule has 9 aromatic rings. The van der Waals surface area contributed by atoms with Crippen molar-refractivity contribution in [1.29, 1.82) is 0 Å². The minimum Gasteiger partial charge on any atom is -0.228 e. The smallest absolute Gasteiger partial charge is 0.160 e. The predicted molar refractivity (Wildman–Crippen MR) is 220 cm³/mol. The van der Waals surface area contributed by atoms with E-state index in [2.05, 4.69) is 184 Å². The van der Waals surface area contributed by atoms with Crippen LogP contribution in [0.25, 0.3) is 87.5 Å². The molecule has 7 aromatic carbocycles. The maximum atomic E-state index is 5.44. The van der Waals surface area contributed by atoms with Crippen LogP contribution in [0, 0.1) is 0 Å². The van der Waals surface area contributed by atoms with Crippen LogP contribution in [0.4, 0.5) is 0 Å². The number of fused-ring (bicyclic) bond motifs is 6. The molecule has 0 fully saturated rings. The van der Waals surface area contributed by atoms with E-state index >= 15 is 0 Å². The number of hydrogen-bond acceptors (Lipinski definition) is 3. The Balaban J connectivity index is 1.11. The molecule has 2 aromatic heterocycles. The van der Waals surface area contributed by atoms with Crippen LogP contribution in [0.15, 0.2) is 170 Å². The Bertz CT molecular complexity index is 2830. The Morgan fingerprint density at radius 1 is 0.423 bits per heavy atom. The summed E-state index contributed by atoms with van der Waals surface area (Å²) < 4.78 is 2.65. The van der Waals surface area contributed by atoms with Crippen LogP contribution in [-0.2, 0) is 5.41 Å². The molecule has 0 amide bonds. The zero-order valence-corrected chi connectivity index (χ0v) is 29.8. The Hall–Kier alpha value is -6.16. The average Bonchev–Trinajstić information content (AvgIpc) is 3.70. The minimum absolute atomic E-state index is 0.248. The normalized spacial score (nSPS) is 13.0. The molecule has 52 heavy (non-hydrogen) atoms. The van der Waals surface area contributed by atoms with Crippen molar-refractivity contribution in [2.75, 3.05) is 0 Å². The lowest BCUT2D eigenvalue weighted by Crippen LogP contribution is -2.17. The molecule has 0 unspecified atom stereocenters. The summed E-state index contributed by atoms with van der Waals surface area (Å²) in [6.07, 6.45) is 0. The molecule has 0 bridgehead atoms. The van der Waals surface area contributed by atoms with Crippen LogP contribution in [0.2, 0.25) is 0 Å². The van der Waals surface area contributed by atoms with Crippen LogP contribution in [0.5, 0.6) is 0 Å². The zero-order chi connectivity index (χ0) is 34.8. The first kappa shape index (κ1) is 30.6. The average molecular weight is 683 g/mol. The first-order chi connectivity index (χ1) is 25.5. The van der Waals surface area contributed by atoms with Gasteiger partial charge in [-0.15, -0.1) is 11.3 Å². The van der Waals surface area contributed by atoms with Gasteiger partial charge in [0.2, 0.25) is 0 Å². The fourth-order valence-corrected chi connectivity index (χ4v) is 9.35. The molecule has 0 saturated carbocycles. The molecule has 0 atom stereocenters. The molecular weight excluding hydrogens is 649 g/mol. The van der Waals surface area contributed by atoms with Gasteiger partial charge in [0.15, 0.2) is 5.82 Å². The van der Waals surface area contributed by atoms with E-state index in [0.29, 0.717) is 0 Å². The number of nitrogens with zero attached hydrogens (tertiary/aromatic N) is 2. The summed E-state index contributed by atoms with van der Waals surface area (Å²) in [6, 6.07) is 61.1. The van der Waals surface area contributed by atoms with E-state index in [-0.39, 0.29) is 5.41 Å². The van der Waals surface area contributed by atoms with E-state index in [1.165, 1.54) is 64.7 Å². The highest BCUT2D eigenvalue weighted by atomic mass is 32.1. The number of hydrogen-bond donors (Lipinski definition) is 0. The van der Waals surface area contributed by atoms with Crippen molar-refractivity contribution in [2.24, 2.45) is 0 Å². The van der Waals surface area contributed by atoms with Crippen molar-refractivity contribution in [1.82, 2.24) is 9.97 Å². The van der Waals surface area contributed by atoms with Gasteiger partial charge >= 0.3 is 0 Å². The summed E-state index contributed by atoms with van der Waals surface area (Å²) in [4.78, 5) is 10.8. The number of rotatable bonds is 5. The quantitative estimate of drug-likeness (QED) is 0.181. The van der Waals surface area contributed by atoms with Crippen molar-refractivity contribution in [3.05, 3.63) is 181 Å². The van der Waals surface area contributed by atoms with Crippen LogP contribution < -0.4 is 0 Å². The maximum Gasteiger partial charge on any atom is 0.160 e.